The highest BCUT2D eigenvalue weighted by Crippen LogP contribution is 2.36. The molecule has 0 spiro atoms. The van der Waals surface area contributed by atoms with Crippen molar-refractivity contribution in [3.8, 4) is 5.69 Å². The van der Waals surface area contributed by atoms with E-state index < -0.39 is 37.7 Å². The Kier molecular flexibility index (Phi) is 5.51. The number of aromatic nitrogens is 2. The van der Waals surface area contributed by atoms with E-state index in [2.05, 4.69) is 9.71 Å². The number of halogens is 4. The van der Waals surface area contributed by atoms with Crippen molar-refractivity contribution in [3.05, 3.63) is 77.3 Å². The molecule has 0 bridgehead atoms. The van der Waals surface area contributed by atoms with Crippen LogP contribution in [0.2, 0.25) is 5.02 Å². The number of hydrogen-bond donors (Lipinski definition) is 1. The summed E-state index contributed by atoms with van der Waals surface area (Å²) in [6, 6.07) is 8.85. The van der Waals surface area contributed by atoms with Gasteiger partial charge in [0.25, 0.3) is 0 Å². The van der Waals surface area contributed by atoms with Gasteiger partial charge in [0.05, 0.1) is 21.8 Å². The van der Waals surface area contributed by atoms with Crippen molar-refractivity contribution >= 4 is 21.6 Å². The molecule has 1 aromatic heterocycles. The topological polar surface area (TPSA) is 64.0 Å². The van der Waals surface area contributed by atoms with E-state index in [1.54, 1.807) is 54.5 Å². The molecule has 10 heteroatoms. The summed E-state index contributed by atoms with van der Waals surface area (Å²) in [5.41, 5.74) is 0.288. The van der Waals surface area contributed by atoms with Gasteiger partial charge >= 0.3 is 6.18 Å². The minimum absolute atomic E-state index is 0.508. The van der Waals surface area contributed by atoms with Crippen LogP contribution in [0.4, 0.5) is 13.2 Å². The lowest BCUT2D eigenvalue weighted by molar-refractivity contribution is -0.137. The largest absolute Gasteiger partial charge is 0.417 e. The Labute approximate surface area is 164 Å². The summed E-state index contributed by atoms with van der Waals surface area (Å²) in [4.78, 5) is 3.44. The second kappa shape index (κ2) is 7.57. The minimum atomic E-state index is -4.75. The molecule has 0 saturated heterocycles. The lowest BCUT2D eigenvalue weighted by Crippen LogP contribution is -2.27. The van der Waals surface area contributed by atoms with E-state index in [1.807, 2.05) is 0 Å². The standard InChI is InChI=1S/C18H15ClF3N3O2S/c1-12(13-2-4-14(5-3-13)25-9-8-23-11-25)24-28(26,27)15-6-7-17(19)16(10-15)18(20,21)22/h2-12,24H,1H3/t12-/m1/s1. The number of sulfonamides is 1. The van der Waals surface area contributed by atoms with Crippen LogP contribution >= 0.6 is 11.6 Å². The third kappa shape index (κ3) is 4.37. The summed E-state index contributed by atoms with van der Waals surface area (Å²) >= 11 is 5.55. The maximum absolute atomic E-state index is 13.0. The van der Waals surface area contributed by atoms with E-state index in [9.17, 15) is 21.6 Å². The van der Waals surface area contributed by atoms with Crippen molar-refractivity contribution in [1.29, 1.82) is 0 Å². The van der Waals surface area contributed by atoms with Gasteiger partial charge in [0.2, 0.25) is 10.0 Å². The smallest absolute Gasteiger partial charge is 0.306 e. The molecule has 3 aromatic rings. The van der Waals surface area contributed by atoms with Crippen LogP contribution in [-0.2, 0) is 16.2 Å². The first-order valence-electron chi connectivity index (χ1n) is 8.05. The Morgan fingerprint density at radius 2 is 1.82 bits per heavy atom. The van der Waals surface area contributed by atoms with Gasteiger partial charge in [-0.3, -0.25) is 0 Å². The number of rotatable bonds is 5. The first-order chi connectivity index (χ1) is 13.1. The Hall–Kier alpha value is -2.36. The van der Waals surface area contributed by atoms with Crippen LogP contribution in [0.3, 0.4) is 0 Å². The highest BCUT2D eigenvalue weighted by atomic mass is 35.5. The van der Waals surface area contributed by atoms with Gasteiger partial charge in [-0.15, -0.1) is 0 Å². The molecule has 0 aliphatic rings. The molecule has 0 saturated carbocycles. The van der Waals surface area contributed by atoms with E-state index in [1.165, 1.54) is 0 Å². The number of imidazole rings is 1. The van der Waals surface area contributed by atoms with Crippen LogP contribution in [0.5, 0.6) is 0 Å². The Bertz CT molecular complexity index is 1070. The summed E-state index contributed by atoms with van der Waals surface area (Å²) in [5.74, 6) is 0. The zero-order valence-corrected chi connectivity index (χ0v) is 16.1. The maximum atomic E-state index is 13.0. The fraction of sp³-hybridized carbons (Fsp3) is 0.167. The van der Waals surface area contributed by atoms with Gasteiger partial charge in [-0.1, -0.05) is 23.7 Å². The predicted molar refractivity (Wildman–Crippen MR) is 98.8 cm³/mol. The molecule has 28 heavy (non-hydrogen) atoms. The third-order valence-corrected chi connectivity index (χ3v) is 5.95. The van der Waals surface area contributed by atoms with Crippen LogP contribution in [0.25, 0.3) is 5.69 Å². The molecule has 0 aliphatic carbocycles. The van der Waals surface area contributed by atoms with Crippen molar-refractivity contribution < 1.29 is 21.6 Å². The summed E-state index contributed by atoms with van der Waals surface area (Å²) in [6.45, 7) is 1.60. The summed E-state index contributed by atoms with van der Waals surface area (Å²) < 4.78 is 68.2. The molecule has 1 heterocycles. The number of alkyl halides is 3. The van der Waals surface area contributed by atoms with Crippen LogP contribution in [0, 0.1) is 0 Å². The Morgan fingerprint density at radius 3 is 2.39 bits per heavy atom. The van der Waals surface area contributed by atoms with E-state index in [4.69, 9.17) is 11.6 Å². The number of benzene rings is 2. The lowest BCUT2D eigenvalue weighted by Gasteiger charge is -2.16. The molecule has 0 fully saturated rings. The summed E-state index contributed by atoms with van der Waals surface area (Å²) in [5, 5.41) is -0.561. The third-order valence-electron chi connectivity index (χ3n) is 4.08. The molecule has 0 unspecified atom stereocenters. The molecule has 0 amide bonds. The van der Waals surface area contributed by atoms with Crippen molar-refractivity contribution in [2.75, 3.05) is 0 Å². The highest BCUT2D eigenvalue weighted by Gasteiger charge is 2.34. The molecule has 1 atom stereocenters. The quantitative estimate of drug-likeness (QED) is 0.645. The van der Waals surface area contributed by atoms with Crippen LogP contribution in [0.1, 0.15) is 24.1 Å². The van der Waals surface area contributed by atoms with Crippen molar-refractivity contribution in [3.63, 3.8) is 0 Å². The molecule has 2 aromatic carbocycles. The van der Waals surface area contributed by atoms with Gasteiger partial charge in [-0.25, -0.2) is 18.1 Å². The van der Waals surface area contributed by atoms with E-state index in [0.717, 1.165) is 17.8 Å². The van der Waals surface area contributed by atoms with Gasteiger partial charge in [-0.05, 0) is 42.8 Å². The first-order valence-corrected chi connectivity index (χ1v) is 9.91. The van der Waals surface area contributed by atoms with Crippen LogP contribution in [-0.4, -0.2) is 18.0 Å². The van der Waals surface area contributed by atoms with Gasteiger partial charge in [0.15, 0.2) is 0 Å². The fourth-order valence-electron chi connectivity index (χ4n) is 2.60. The van der Waals surface area contributed by atoms with Gasteiger partial charge < -0.3 is 4.57 Å². The van der Waals surface area contributed by atoms with Crippen LogP contribution < -0.4 is 4.72 Å². The number of nitrogens with one attached hydrogen (secondary N) is 1. The average molecular weight is 430 g/mol. The Morgan fingerprint density at radius 1 is 1.14 bits per heavy atom. The Balaban J connectivity index is 1.82. The zero-order valence-electron chi connectivity index (χ0n) is 14.5. The summed E-state index contributed by atoms with van der Waals surface area (Å²) in [6.07, 6.45) is 0.267. The number of nitrogens with zero attached hydrogens (tertiary/aromatic N) is 2. The van der Waals surface area contributed by atoms with Crippen molar-refractivity contribution in [1.82, 2.24) is 14.3 Å². The second-order valence-electron chi connectivity index (χ2n) is 6.04. The molecule has 0 radical (unpaired) electrons. The highest BCUT2D eigenvalue weighted by molar-refractivity contribution is 7.89. The number of hydrogen-bond acceptors (Lipinski definition) is 3. The predicted octanol–water partition coefficient (Wildman–Crippen LogP) is 4.58. The van der Waals surface area contributed by atoms with Crippen molar-refractivity contribution in [2.24, 2.45) is 0 Å². The van der Waals surface area contributed by atoms with Crippen molar-refractivity contribution in [2.45, 2.75) is 24.0 Å². The fourth-order valence-corrected chi connectivity index (χ4v) is 4.09. The average Bonchev–Trinajstić information content (AvgIpc) is 3.15. The van der Waals surface area contributed by atoms with E-state index in [-0.39, 0.29) is 0 Å². The normalized spacial score (nSPS) is 13.5. The molecule has 148 valence electrons. The molecule has 0 aliphatic heterocycles. The zero-order chi connectivity index (χ0) is 20.5. The molecule has 1 N–H and O–H groups in total. The molecule has 3 rings (SSSR count). The SMILES string of the molecule is C[C@@H](NS(=O)(=O)c1ccc(Cl)c(C(F)(F)F)c1)c1ccc(-n2ccnc2)cc1. The van der Waals surface area contributed by atoms with Gasteiger partial charge in [0, 0.05) is 24.1 Å². The van der Waals surface area contributed by atoms with Crippen LogP contribution in [0.15, 0.2) is 66.1 Å². The first kappa shape index (κ1) is 20.4. The monoisotopic (exact) mass is 429 g/mol. The second-order valence-corrected chi connectivity index (χ2v) is 8.17. The molecular formula is C18H15ClF3N3O2S. The van der Waals surface area contributed by atoms with Gasteiger partial charge in [-0.2, -0.15) is 13.2 Å². The maximum Gasteiger partial charge on any atom is 0.417 e. The van der Waals surface area contributed by atoms with E-state index >= 15 is 0 Å². The summed E-state index contributed by atoms with van der Waals surface area (Å²) in [7, 11) is -4.18. The molecular weight excluding hydrogens is 415 g/mol. The van der Waals surface area contributed by atoms with E-state index in [0.29, 0.717) is 11.6 Å². The lowest BCUT2D eigenvalue weighted by atomic mass is 10.1. The van der Waals surface area contributed by atoms with Gasteiger partial charge in [0.1, 0.15) is 0 Å². The molecule has 5 nitrogen and oxygen atoms in total. The minimum Gasteiger partial charge on any atom is -0.306 e.